The van der Waals surface area contributed by atoms with Gasteiger partial charge in [0.25, 0.3) is 0 Å². The fourth-order valence-corrected chi connectivity index (χ4v) is 5.18. The van der Waals surface area contributed by atoms with Crippen LogP contribution in [0.1, 0.15) is 36.8 Å². The summed E-state index contributed by atoms with van der Waals surface area (Å²) in [5.74, 6) is -0.199. The lowest BCUT2D eigenvalue weighted by molar-refractivity contribution is -0.140. The van der Waals surface area contributed by atoms with Crippen molar-refractivity contribution in [2.24, 2.45) is 0 Å². The highest BCUT2D eigenvalue weighted by Crippen LogP contribution is 2.24. The summed E-state index contributed by atoms with van der Waals surface area (Å²) in [4.78, 5) is 13.9. The molecular weight excluding hydrogens is 424 g/mol. The lowest BCUT2D eigenvalue weighted by Gasteiger charge is -2.22. The number of ether oxygens (including phenoxy) is 1. The number of carbonyl (C=O) groups is 1. The molecule has 0 aromatic heterocycles. The fraction of sp³-hybridized carbons (Fsp3) is 0.400. The van der Waals surface area contributed by atoms with Crippen LogP contribution in [0.25, 0.3) is 0 Å². The summed E-state index contributed by atoms with van der Waals surface area (Å²) in [5.41, 5.74) is 2.22. The summed E-state index contributed by atoms with van der Waals surface area (Å²) in [6.07, 6.45) is 6.84. The van der Waals surface area contributed by atoms with Gasteiger partial charge in [-0.25, -0.2) is 13.1 Å². The lowest BCUT2D eigenvalue weighted by Crippen LogP contribution is -2.37. The van der Waals surface area contributed by atoms with Crippen LogP contribution in [0, 0.1) is 6.92 Å². The lowest BCUT2D eigenvalue weighted by atomic mass is 10.1. The second kappa shape index (κ2) is 11.4. The highest BCUT2D eigenvalue weighted by Gasteiger charge is 2.33. The summed E-state index contributed by atoms with van der Waals surface area (Å²) in [5, 5.41) is 0. The Labute approximate surface area is 191 Å². The van der Waals surface area contributed by atoms with Gasteiger partial charge in [0.15, 0.2) is 0 Å². The average Bonchev–Trinajstić information content (AvgIpc) is 3.14. The molecule has 1 aliphatic rings. The Kier molecular flexibility index (Phi) is 8.61. The summed E-state index contributed by atoms with van der Waals surface area (Å²) in [6.45, 7) is 3.32. The molecule has 32 heavy (non-hydrogen) atoms. The number of esters is 1. The molecule has 6 nitrogen and oxygen atoms in total. The van der Waals surface area contributed by atoms with E-state index in [1.54, 1.807) is 12.1 Å². The third kappa shape index (κ3) is 7.02. The quantitative estimate of drug-likeness (QED) is 0.334. The van der Waals surface area contributed by atoms with Crippen molar-refractivity contribution in [2.45, 2.75) is 56.1 Å². The first-order chi connectivity index (χ1) is 15.4. The van der Waals surface area contributed by atoms with Crippen molar-refractivity contribution >= 4 is 16.0 Å². The number of unbranched alkanes of at least 4 members (excludes halogenated alkanes) is 1. The number of likely N-dealkylation sites (tertiary alicyclic amines) is 1. The largest absolute Gasteiger partial charge is 0.469 e. The van der Waals surface area contributed by atoms with E-state index in [1.807, 2.05) is 37.3 Å². The first kappa shape index (κ1) is 24.2. The van der Waals surface area contributed by atoms with Gasteiger partial charge in [0.2, 0.25) is 10.0 Å². The minimum absolute atomic E-state index is 0.124. The van der Waals surface area contributed by atoms with E-state index in [2.05, 4.69) is 38.6 Å². The molecule has 0 aliphatic carbocycles. The maximum Gasteiger partial charge on any atom is 0.305 e. The van der Waals surface area contributed by atoms with E-state index in [4.69, 9.17) is 0 Å². The molecule has 7 heteroatoms. The molecular formula is C25H32N2O4S. The Morgan fingerprint density at radius 1 is 1.16 bits per heavy atom. The van der Waals surface area contributed by atoms with Crippen LogP contribution in [-0.2, 0) is 26.1 Å². The summed E-state index contributed by atoms with van der Waals surface area (Å²) in [6, 6.07) is 17.1. The van der Waals surface area contributed by atoms with E-state index in [0.29, 0.717) is 24.3 Å². The van der Waals surface area contributed by atoms with Gasteiger partial charge in [0, 0.05) is 31.6 Å². The monoisotopic (exact) mass is 456 g/mol. The Morgan fingerprint density at radius 3 is 2.56 bits per heavy atom. The maximum absolute atomic E-state index is 12.9. The Hall–Kier alpha value is -2.48. The number of hydrogen-bond acceptors (Lipinski definition) is 5. The third-order valence-electron chi connectivity index (χ3n) is 5.67. The Morgan fingerprint density at radius 2 is 1.88 bits per heavy atom. The number of nitrogens with zero attached hydrogens (tertiary/aromatic N) is 1. The number of sulfonamides is 1. The molecule has 0 spiro atoms. The smallest absolute Gasteiger partial charge is 0.305 e. The van der Waals surface area contributed by atoms with Crippen molar-refractivity contribution in [1.29, 1.82) is 0 Å². The highest BCUT2D eigenvalue weighted by atomic mass is 32.2. The van der Waals surface area contributed by atoms with Crippen LogP contribution in [0.3, 0.4) is 0 Å². The molecule has 1 N–H and O–H groups in total. The molecule has 3 rings (SSSR count). The number of carbonyl (C=O) groups excluding carboxylic acids is 1. The minimum Gasteiger partial charge on any atom is -0.469 e. The molecule has 1 heterocycles. The van der Waals surface area contributed by atoms with Gasteiger partial charge >= 0.3 is 5.97 Å². The number of nitrogens with one attached hydrogen (secondary N) is 1. The van der Waals surface area contributed by atoms with Gasteiger partial charge in [-0.1, -0.05) is 60.2 Å². The number of rotatable bonds is 10. The van der Waals surface area contributed by atoms with Crippen molar-refractivity contribution in [3.05, 3.63) is 77.9 Å². The third-order valence-corrected chi connectivity index (χ3v) is 7.21. The summed E-state index contributed by atoms with van der Waals surface area (Å²) >= 11 is 0. The molecule has 2 atom stereocenters. The molecule has 0 radical (unpaired) electrons. The second-order valence-corrected chi connectivity index (χ2v) is 9.96. The Balaban J connectivity index is 1.66. The van der Waals surface area contributed by atoms with Crippen LogP contribution < -0.4 is 4.72 Å². The van der Waals surface area contributed by atoms with Gasteiger partial charge in [-0.15, -0.1) is 0 Å². The molecule has 1 saturated heterocycles. The van der Waals surface area contributed by atoms with Crippen molar-refractivity contribution in [2.75, 3.05) is 13.7 Å². The molecule has 2 aromatic rings. The molecule has 0 amide bonds. The van der Waals surface area contributed by atoms with Crippen LogP contribution in [0.15, 0.2) is 71.6 Å². The molecule has 0 bridgehead atoms. The zero-order valence-electron chi connectivity index (χ0n) is 18.7. The van der Waals surface area contributed by atoms with Gasteiger partial charge in [-0.3, -0.25) is 9.69 Å². The van der Waals surface area contributed by atoms with Gasteiger partial charge < -0.3 is 4.74 Å². The van der Waals surface area contributed by atoms with Crippen molar-refractivity contribution in [3.8, 4) is 0 Å². The van der Waals surface area contributed by atoms with E-state index < -0.39 is 10.0 Å². The van der Waals surface area contributed by atoms with Gasteiger partial charge in [0.05, 0.1) is 12.0 Å². The van der Waals surface area contributed by atoms with E-state index in [9.17, 15) is 13.2 Å². The zero-order valence-corrected chi connectivity index (χ0v) is 19.6. The summed E-state index contributed by atoms with van der Waals surface area (Å²) in [7, 11) is -2.18. The topological polar surface area (TPSA) is 75.7 Å². The molecule has 0 unspecified atom stereocenters. The number of allylic oxidation sites excluding steroid dienone is 1. The van der Waals surface area contributed by atoms with Gasteiger partial charge in [0.1, 0.15) is 0 Å². The highest BCUT2D eigenvalue weighted by molar-refractivity contribution is 7.89. The SMILES string of the molecule is COC(=O)CCCC=C[C@@H]1C[C@@H](NS(=O)(=O)c2ccc(C)cc2)CN1Cc1ccccc1. The number of methoxy groups -OCH3 is 1. The predicted octanol–water partition coefficient (Wildman–Crippen LogP) is 3.82. The number of aryl methyl sites for hydroxylation is 1. The number of benzene rings is 2. The standard InChI is InChI=1S/C25H32N2O4S/c1-20-13-15-24(16-14-20)32(29,30)26-22-17-23(11-7-4-8-12-25(28)31-2)27(19-22)18-21-9-5-3-6-10-21/h3,5-7,9-11,13-16,22-23,26H,4,8,12,17-19H2,1-2H3/t22-,23-/m1/s1. The van der Waals surface area contributed by atoms with Crippen LogP contribution in [0.4, 0.5) is 0 Å². The maximum atomic E-state index is 12.9. The van der Waals surface area contributed by atoms with Crippen LogP contribution in [0.2, 0.25) is 0 Å². The van der Waals surface area contributed by atoms with E-state index in [-0.39, 0.29) is 18.1 Å². The van der Waals surface area contributed by atoms with Gasteiger partial charge in [-0.2, -0.15) is 0 Å². The normalized spacial score (nSPS) is 19.4. The first-order valence-corrected chi connectivity index (χ1v) is 12.5. The van der Waals surface area contributed by atoms with Crippen molar-refractivity contribution in [3.63, 3.8) is 0 Å². The average molecular weight is 457 g/mol. The second-order valence-electron chi connectivity index (χ2n) is 8.25. The number of hydrogen-bond donors (Lipinski definition) is 1. The van der Waals surface area contributed by atoms with Crippen molar-refractivity contribution in [1.82, 2.24) is 9.62 Å². The van der Waals surface area contributed by atoms with E-state index in [0.717, 1.165) is 24.9 Å². The van der Waals surface area contributed by atoms with Crippen LogP contribution in [0.5, 0.6) is 0 Å². The Bertz CT molecular complexity index is 1000. The minimum atomic E-state index is -3.57. The van der Waals surface area contributed by atoms with E-state index >= 15 is 0 Å². The molecule has 1 aliphatic heterocycles. The molecule has 2 aromatic carbocycles. The zero-order chi connectivity index (χ0) is 23.0. The van der Waals surface area contributed by atoms with Gasteiger partial charge in [-0.05, 0) is 43.9 Å². The van der Waals surface area contributed by atoms with Crippen LogP contribution >= 0.6 is 0 Å². The predicted molar refractivity (Wildman–Crippen MR) is 126 cm³/mol. The molecule has 172 valence electrons. The first-order valence-electron chi connectivity index (χ1n) is 11.0. The summed E-state index contributed by atoms with van der Waals surface area (Å²) < 4.78 is 33.3. The fourth-order valence-electron chi connectivity index (χ4n) is 3.94. The van der Waals surface area contributed by atoms with E-state index in [1.165, 1.54) is 12.7 Å². The van der Waals surface area contributed by atoms with Crippen molar-refractivity contribution < 1.29 is 17.9 Å². The van der Waals surface area contributed by atoms with Crippen LogP contribution in [-0.4, -0.2) is 45.0 Å². The molecule has 0 saturated carbocycles. The molecule has 1 fully saturated rings.